The lowest BCUT2D eigenvalue weighted by atomic mass is 10.1. The van der Waals surface area contributed by atoms with Gasteiger partial charge in [-0.05, 0) is 23.8 Å². The highest BCUT2D eigenvalue weighted by Gasteiger charge is 2.19. The maximum Gasteiger partial charge on any atom is 0.251 e. The number of nitrogens with one attached hydrogen (secondary N) is 1. The van der Waals surface area contributed by atoms with Crippen LogP contribution in [0.4, 0.5) is 0 Å². The highest BCUT2D eigenvalue weighted by atomic mass is 16.7. The maximum atomic E-state index is 12.7. The lowest BCUT2D eigenvalue weighted by Crippen LogP contribution is -2.31. The summed E-state index contributed by atoms with van der Waals surface area (Å²) in [6.45, 7) is 0.786. The number of amides is 1. The number of nitrogens with zero attached hydrogens (tertiary/aromatic N) is 2. The van der Waals surface area contributed by atoms with Crippen molar-refractivity contribution in [3.8, 4) is 11.5 Å². The molecule has 3 aromatic rings. The van der Waals surface area contributed by atoms with Gasteiger partial charge in [0.2, 0.25) is 6.79 Å². The zero-order chi connectivity index (χ0) is 17.1. The largest absolute Gasteiger partial charge is 0.454 e. The normalized spacial score (nSPS) is 13.4. The minimum Gasteiger partial charge on any atom is -0.454 e. The van der Waals surface area contributed by atoms with Crippen molar-refractivity contribution in [1.29, 1.82) is 0 Å². The van der Waals surface area contributed by atoms with Gasteiger partial charge in [0.1, 0.15) is 0 Å². The van der Waals surface area contributed by atoms with E-state index in [-0.39, 0.29) is 18.7 Å². The Hall–Kier alpha value is -3.28. The fourth-order valence-corrected chi connectivity index (χ4v) is 2.80. The first-order chi connectivity index (χ1) is 12.3. The van der Waals surface area contributed by atoms with E-state index in [1.165, 1.54) is 0 Å². The molecule has 1 aliphatic rings. The molecule has 2 heterocycles. The molecule has 0 aliphatic carbocycles. The van der Waals surface area contributed by atoms with Crippen LogP contribution in [0.2, 0.25) is 0 Å². The summed E-state index contributed by atoms with van der Waals surface area (Å²) < 4.78 is 12.6. The predicted molar refractivity (Wildman–Crippen MR) is 91.4 cm³/mol. The Labute approximate surface area is 145 Å². The van der Waals surface area contributed by atoms with Gasteiger partial charge in [0.05, 0.1) is 12.4 Å². The molecule has 0 saturated carbocycles. The van der Waals surface area contributed by atoms with E-state index in [2.05, 4.69) is 10.3 Å². The monoisotopic (exact) mass is 335 g/mol. The molecular weight excluding hydrogens is 318 g/mol. The zero-order valence-corrected chi connectivity index (χ0v) is 13.5. The number of carbonyl (C=O) groups is 1. The second kappa shape index (κ2) is 6.68. The SMILES string of the molecule is O=C(NC(Cn1ccnc1)c1ccccc1)c1ccc2c(c1)OCO2. The van der Waals surface area contributed by atoms with Crippen molar-refractivity contribution >= 4 is 5.91 Å². The van der Waals surface area contributed by atoms with E-state index in [0.29, 0.717) is 23.6 Å². The van der Waals surface area contributed by atoms with Crippen LogP contribution in [0, 0.1) is 0 Å². The molecule has 126 valence electrons. The van der Waals surface area contributed by atoms with Gasteiger partial charge in [-0.15, -0.1) is 0 Å². The van der Waals surface area contributed by atoms with Crippen molar-refractivity contribution in [2.24, 2.45) is 0 Å². The molecule has 6 heteroatoms. The van der Waals surface area contributed by atoms with Gasteiger partial charge in [-0.3, -0.25) is 4.79 Å². The van der Waals surface area contributed by atoms with E-state index >= 15 is 0 Å². The van der Waals surface area contributed by atoms with Crippen LogP contribution in [0.3, 0.4) is 0 Å². The summed E-state index contributed by atoms with van der Waals surface area (Å²) in [6.07, 6.45) is 5.34. The summed E-state index contributed by atoms with van der Waals surface area (Å²) >= 11 is 0. The van der Waals surface area contributed by atoms with Gasteiger partial charge >= 0.3 is 0 Å². The number of carbonyl (C=O) groups excluding carboxylic acids is 1. The van der Waals surface area contributed by atoms with Gasteiger partial charge in [-0.25, -0.2) is 4.98 Å². The van der Waals surface area contributed by atoms with Crippen LogP contribution < -0.4 is 14.8 Å². The average molecular weight is 335 g/mol. The van der Waals surface area contributed by atoms with E-state index in [9.17, 15) is 4.79 Å². The molecule has 1 N–H and O–H groups in total. The summed E-state index contributed by atoms with van der Waals surface area (Å²) in [7, 11) is 0. The standard InChI is InChI=1S/C19H17N3O3/c23-19(15-6-7-17-18(10-15)25-13-24-17)21-16(11-22-9-8-20-12-22)14-4-2-1-3-5-14/h1-10,12,16H,11,13H2,(H,21,23). The number of hydrogen-bond acceptors (Lipinski definition) is 4. The number of hydrogen-bond donors (Lipinski definition) is 1. The number of fused-ring (bicyclic) bond motifs is 1. The highest BCUT2D eigenvalue weighted by molar-refractivity contribution is 5.95. The first-order valence-electron chi connectivity index (χ1n) is 8.01. The molecule has 1 atom stereocenters. The van der Waals surface area contributed by atoms with Gasteiger partial charge in [-0.2, -0.15) is 0 Å². The van der Waals surface area contributed by atoms with Crippen LogP contribution in [0.1, 0.15) is 22.0 Å². The summed E-state index contributed by atoms with van der Waals surface area (Å²) in [5, 5.41) is 3.10. The molecule has 0 fully saturated rings. The Morgan fingerprint density at radius 3 is 2.80 bits per heavy atom. The Bertz CT molecular complexity index is 863. The minimum atomic E-state index is -0.173. The molecule has 0 saturated heterocycles. The maximum absolute atomic E-state index is 12.7. The summed E-state index contributed by atoms with van der Waals surface area (Å²) in [5.41, 5.74) is 1.57. The molecule has 0 radical (unpaired) electrons. The number of ether oxygens (including phenoxy) is 2. The van der Waals surface area contributed by atoms with E-state index in [4.69, 9.17) is 9.47 Å². The van der Waals surface area contributed by atoms with Crippen molar-refractivity contribution in [2.75, 3.05) is 6.79 Å². The predicted octanol–water partition coefficient (Wildman–Crippen LogP) is 2.78. The topological polar surface area (TPSA) is 65.4 Å². The Balaban J connectivity index is 1.56. The summed E-state index contributed by atoms with van der Waals surface area (Å²) in [4.78, 5) is 16.8. The molecule has 1 amide bonds. The fourth-order valence-electron chi connectivity index (χ4n) is 2.80. The van der Waals surface area contributed by atoms with Crippen molar-refractivity contribution in [1.82, 2.24) is 14.9 Å². The van der Waals surface area contributed by atoms with Crippen molar-refractivity contribution in [2.45, 2.75) is 12.6 Å². The molecule has 2 aromatic carbocycles. The first-order valence-corrected chi connectivity index (χ1v) is 8.01. The first kappa shape index (κ1) is 15.3. The molecule has 0 spiro atoms. The Morgan fingerprint density at radius 1 is 1.16 bits per heavy atom. The van der Waals surface area contributed by atoms with Crippen LogP contribution in [0.15, 0.2) is 67.3 Å². The summed E-state index contributed by atoms with van der Waals surface area (Å²) in [6, 6.07) is 14.9. The van der Waals surface area contributed by atoms with Crippen LogP contribution >= 0.6 is 0 Å². The third-order valence-electron chi connectivity index (χ3n) is 4.09. The zero-order valence-electron chi connectivity index (χ0n) is 13.5. The number of imidazole rings is 1. The van der Waals surface area contributed by atoms with Gasteiger partial charge in [0.25, 0.3) is 5.91 Å². The molecule has 6 nitrogen and oxygen atoms in total. The van der Waals surface area contributed by atoms with Gasteiger partial charge in [0.15, 0.2) is 11.5 Å². The van der Waals surface area contributed by atoms with Gasteiger partial charge in [-0.1, -0.05) is 30.3 Å². The fraction of sp³-hybridized carbons (Fsp3) is 0.158. The van der Waals surface area contributed by atoms with Crippen LogP contribution in [-0.4, -0.2) is 22.3 Å². The number of benzene rings is 2. The second-order valence-electron chi connectivity index (χ2n) is 5.76. The van der Waals surface area contributed by atoms with Crippen molar-refractivity contribution in [3.63, 3.8) is 0 Å². The second-order valence-corrected chi connectivity index (χ2v) is 5.76. The van der Waals surface area contributed by atoms with Crippen molar-refractivity contribution < 1.29 is 14.3 Å². The van der Waals surface area contributed by atoms with Crippen LogP contribution in [0.5, 0.6) is 11.5 Å². The third-order valence-corrected chi connectivity index (χ3v) is 4.09. The average Bonchev–Trinajstić information content (AvgIpc) is 3.32. The van der Waals surface area contributed by atoms with E-state index < -0.39 is 0 Å². The number of rotatable bonds is 5. The molecule has 1 unspecified atom stereocenters. The van der Waals surface area contributed by atoms with E-state index in [1.807, 2.05) is 41.1 Å². The molecule has 1 aromatic heterocycles. The van der Waals surface area contributed by atoms with Gasteiger partial charge < -0.3 is 19.4 Å². The van der Waals surface area contributed by atoms with Crippen LogP contribution in [-0.2, 0) is 6.54 Å². The smallest absolute Gasteiger partial charge is 0.251 e. The highest BCUT2D eigenvalue weighted by Crippen LogP contribution is 2.32. The Morgan fingerprint density at radius 2 is 2.00 bits per heavy atom. The third kappa shape index (κ3) is 3.33. The lowest BCUT2D eigenvalue weighted by molar-refractivity contribution is 0.0932. The summed E-state index contributed by atoms with van der Waals surface area (Å²) in [5.74, 6) is 1.10. The quantitative estimate of drug-likeness (QED) is 0.779. The van der Waals surface area contributed by atoms with Crippen LogP contribution in [0.25, 0.3) is 0 Å². The van der Waals surface area contributed by atoms with E-state index in [1.54, 1.807) is 30.7 Å². The molecular formula is C19H17N3O3. The molecule has 25 heavy (non-hydrogen) atoms. The Kier molecular flexibility index (Phi) is 4.08. The molecule has 4 rings (SSSR count). The lowest BCUT2D eigenvalue weighted by Gasteiger charge is -2.20. The van der Waals surface area contributed by atoms with Crippen molar-refractivity contribution in [3.05, 3.63) is 78.4 Å². The molecule has 1 aliphatic heterocycles. The molecule has 0 bridgehead atoms. The minimum absolute atomic E-state index is 0.160. The van der Waals surface area contributed by atoms with E-state index in [0.717, 1.165) is 5.56 Å². The number of aromatic nitrogens is 2. The van der Waals surface area contributed by atoms with Gasteiger partial charge in [0, 0.05) is 24.5 Å².